The molecule has 1 fully saturated rings. The number of aryl methyl sites for hydroxylation is 1. The Kier molecular flexibility index (Phi) is 5.46. The highest BCUT2D eigenvalue weighted by Crippen LogP contribution is 2.24. The van der Waals surface area contributed by atoms with Crippen molar-refractivity contribution in [1.82, 2.24) is 4.90 Å². The van der Waals surface area contributed by atoms with Gasteiger partial charge in [-0.3, -0.25) is 9.69 Å². The fraction of sp³-hybridized carbons (Fsp3) is 0.263. The van der Waals surface area contributed by atoms with E-state index in [4.69, 9.17) is 4.74 Å². The molecule has 1 heterocycles. The number of methoxy groups -OCH3 is 1. The average Bonchev–Trinajstić information content (AvgIpc) is 2.98. The Morgan fingerprint density at radius 1 is 1.19 bits per heavy atom. The highest BCUT2D eigenvalue weighted by Gasteiger charge is 2.30. The first-order chi connectivity index (χ1) is 12.5. The van der Waals surface area contributed by atoms with Crippen LogP contribution in [0.2, 0.25) is 0 Å². The zero-order valence-electron chi connectivity index (χ0n) is 14.7. The van der Waals surface area contributed by atoms with Gasteiger partial charge in [-0.25, -0.2) is 4.79 Å². The summed E-state index contributed by atoms with van der Waals surface area (Å²) in [6, 6.07) is 12.8. The van der Waals surface area contributed by atoms with Crippen LogP contribution in [0.3, 0.4) is 0 Å². The Bertz CT molecular complexity index is 823. The average molecular weight is 418 g/mol. The van der Waals surface area contributed by atoms with Crippen LogP contribution in [0.25, 0.3) is 0 Å². The molecular weight excluding hydrogens is 398 g/mol. The molecular formula is C19H20BrN3O3. The molecule has 1 aliphatic rings. The summed E-state index contributed by atoms with van der Waals surface area (Å²) in [5, 5.41) is 2.87. The van der Waals surface area contributed by atoms with E-state index in [1.165, 1.54) is 0 Å². The first-order valence-electron chi connectivity index (χ1n) is 8.24. The first-order valence-corrected chi connectivity index (χ1v) is 9.04. The number of nitrogens with zero attached hydrogens (tertiary/aromatic N) is 2. The predicted molar refractivity (Wildman–Crippen MR) is 105 cm³/mol. The van der Waals surface area contributed by atoms with Crippen LogP contribution in [-0.4, -0.2) is 43.6 Å². The van der Waals surface area contributed by atoms with Crippen LogP contribution < -0.4 is 15.0 Å². The number of carbonyl (C=O) groups excluding carboxylic acids is 2. The quantitative estimate of drug-likeness (QED) is 0.807. The first kappa shape index (κ1) is 18.3. The lowest BCUT2D eigenvalue weighted by atomic mass is 10.2. The zero-order valence-corrected chi connectivity index (χ0v) is 16.2. The summed E-state index contributed by atoms with van der Waals surface area (Å²) >= 11 is 3.40. The minimum absolute atomic E-state index is 0.0288. The van der Waals surface area contributed by atoms with E-state index in [9.17, 15) is 9.59 Å². The van der Waals surface area contributed by atoms with Crippen molar-refractivity contribution in [3.63, 3.8) is 0 Å². The Balaban J connectivity index is 1.61. The molecule has 3 rings (SSSR count). The lowest BCUT2D eigenvalue weighted by Gasteiger charge is -2.19. The molecule has 3 amide bonds. The second-order valence-electron chi connectivity index (χ2n) is 6.06. The molecule has 0 unspecified atom stereocenters. The van der Waals surface area contributed by atoms with Gasteiger partial charge in [0.2, 0.25) is 5.91 Å². The van der Waals surface area contributed by atoms with Crippen molar-refractivity contribution >= 4 is 39.2 Å². The van der Waals surface area contributed by atoms with E-state index in [0.717, 1.165) is 27.2 Å². The van der Waals surface area contributed by atoms with Gasteiger partial charge in [-0.1, -0.05) is 15.9 Å². The Morgan fingerprint density at radius 2 is 1.92 bits per heavy atom. The molecule has 0 aliphatic carbocycles. The molecule has 0 saturated carbocycles. The number of nitrogens with one attached hydrogen (secondary N) is 1. The number of hydrogen-bond acceptors (Lipinski definition) is 3. The summed E-state index contributed by atoms with van der Waals surface area (Å²) in [6.07, 6.45) is 0. The molecule has 7 heteroatoms. The summed E-state index contributed by atoms with van der Waals surface area (Å²) in [5.74, 6) is 0.529. The highest BCUT2D eigenvalue weighted by atomic mass is 79.9. The Labute approximate surface area is 160 Å². The van der Waals surface area contributed by atoms with Gasteiger partial charge in [0.1, 0.15) is 12.3 Å². The maximum Gasteiger partial charge on any atom is 0.325 e. The van der Waals surface area contributed by atoms with Gasteiger partial charge in [-0.05, 0) is 55.0 Å². The number of halogens is 1. The van der Waals surface area contributed by atoms with Gasteiger partial charge in [0.15, 0.2) is 0 Å². The van der Waals surface area contributed by atoms with E-state index in [1.807, 2.05) is 49.4 Å². The molecule has 1 aliphatic heterocycles. The maximum absolute atomic E-state index is 12.6. The normalized spacial score (nSPS) is 13.9. The SMILES string of the molecule is COc1ccc(N2CCN(CC(=O)Nc3ccc(Br)cc3C)C2=O)cc1. The number of rotatable bonds is 5. The highest BCUT2D eigenvalue weighted by molar-refractivity contribution is 9.10. The number of benzene rings is 2. The van der Waals surface area contributed by atoms with Crippen LogP contribution in [0.1, 0.15) is 5.56 Å². The fourth-order valence-corrected chi connectivity index (χ4v) is 3.34. The van der Waals surface area contributed by atoms with Crippen LogP contribution in [0, 0.1) is 6.92 Å². The van der Waals surface area contributed by atoms with Crippen molar-refractivity contribution in [3.8, 4) is 5.75 Å². The molecule has 6 nitrogen and oxygen atoms in total. The van der Waals surface area contributed by atoms with Gasteiger partial charge in [0.25, 0.3) is 0 Å². The molecule has 26 heavy (non-hydrogen) atoms. The molecule has 0 radical (unpaired) electrons. The van der Waals surface area contributed by atoms with Gasteiger partial charge < -0.3 is 15.0 Å². The summed E-state index contributed by atoms with van der Waals surface area (Å²) in [4.78, 5) is 28.1. The molecule has 0 atom stereocenters. The molecule has 2 aromatic rings. The number of amides is 3. The standard InChI is InChI=1S/C19H20BrN3O3/c1-13-11-14(20)3-8-17(13)21-18(24)12-22-9-10-23(19(22)25)15-4-6-16(26-2)7-5-15/h3-8,11H,9-10,12H2,1-2H3,(H,21,24). The van der Waals surface area contributed by atoms with Crippen LogP contribution >= 0.6 is 15.9 Å². The van der Waals surface area contributed by atoms with Crippen LogP contribution in [0.15, 0.2) is 46.9 Å². The van der Waals surface area contributed by atoms with Gasteiger partial charge in [0.05, 0.1) is 7.11 Å². The van der Waals surface area contributed by atoms with Crippen molar-refractivity contribution in [3.05, 3.63) is 52.5 Å². The minimum atomic E-state index is -0.208. The summed E-state index contributed by atoms with van der Waals surface area (Å²) in [5.41, 5.74) is 2.50. The topological polar surface area (TPSA) is 61.9 Å². The monoisotopic (exact) mass is 417 g/mol. The third kappa shape index (κ3) is 3.99. The molecule has 136 valence electrons. The molecule has 0 spiro atoms. The Morgan fingerprint density at radius 3 is 2.58 bits per heavy atom. The van der Waals surface area contributed by atoms with Gasteiger partial charge >= 0.3 is 6.03 Å². The van der Waals surface area contributed by atoms with Crippen molar-refractivity contribution in [2.45, 2.75) is 6.92 Å². The third-order valence-corrected chi connectivity index (χ3v) is 4.77. The van der Waals surface area contributed by atoms with Crippen LogP contribution in [0.5, 0.6) is 5.75 Å². The predicted octanol–water partition coefficient (Wildman–Crippen LogP) is 3.65. The zero-order chi connectivity index (χ0) is 18.7. The van der Waals surface area contributed by atoms with Gasteiger partial charge in [-0.2, -0.15) is 0 Å². The van der Waals surface area contributed by atoms with Crippen molar-refractivity contribution in [2.24, 2.45) is 0 Å². The summed E-state index contributed by atoms with van der Waals surface area (Å²) in [6.45, 7) is 3.02. The second kappa shape index (κ2) is 7.78. The number of carbonyl (C=O) groups is 2. The number of urea groups is 1. The second-order valence-corrected chi connectivity index (χ2v) is 6.98. The molecule has 2 aromatic carbocycles. The van der Waals surface area contributed by atoms with E-state index in [2.05, 4.69) is 21.2 Å². The van der Waals surface area contributed by atoms with Gasteiger partial charge in [0, 0.05) is 28.9 Å². The lowest BCUT2D eigenvalue weighted by Crippen LogP contribution is -2.37. The third-order valence-electron chi connectivity index (χ3n) is 4.28. The number of hydrogen-bond donors (Lipinski definition) is 1. The van der Waals surface area contributed by atoms with Crippen LogP contribution in [0.4, 0.5) is 16.2 Å². The number of anilines is 2. The maximum atomic E-state index is 12.6. The van der Waals surface area contributed by atoms with Gasteiger partial charge in [-0.15, -0.1) is 0 Å². The van der Waals surface area contributed by atoms with E-state index in [-0.39, 0.29) is 18.5 Å². The van der Waals surface area contributed by atoms with E-state index >= 15 is 0 Å². The number of ether oxygens (including phenoxy) is 1. The largest absolute Gasteiger partial charge is 0.497 e. The van der Waals surface area contributed by atoms with E-state index < -0.39 is 0 Å². The van der Waals surface area contributed by atoms with Crippen molar-refractivity contribution in [1.29, 1.82) is 0 Å². The minimum Gasteiger partial charge on any atom is -0.497 e. The Hall–Kier alpha value is -2.54. The fourth-order valence-electron chi connectivity index (χ4n) is 2.86. The van der Waals surface area contributed by atoms with E-state index in [0.29, 0.717) is 13.1 Å². The lowest BCUT2D eigenvalue weighted by molar-refractivity contribution is -0.116. The summed E-state index contributed by atoms with van der Waals surface area (Å²) in [7, 11) is 1.60. The summed E-state index contributed by atoms with van der Waals surface area (Å²) < 4.78 is 6.09. The molecule has 1 N–H and O–H groups in total. The molecule has 0 bridgehead atoms. The van der Waals surface area contributed by atoms with Crippen molar-refractivity contribution in [2.75, 3.05) is 37.0 Å². The molecule has 0 aromatic heterocycles. The molecule has 1 saturated heterocycles. The van der Waals surface area contributed by atoms with E-state index in [1.54, 1.807) is 16.9 Å². The smallest absolute Gasteiger partial charge is 0.325 e. The van der Waals surface area contributed by atoms with Crippen LogP contribution in [-0.2, 0) is 4.79 Å². The van der Waals surface area contributed by atoms with Crippen molar-refractivity contribution < 1.29 is 14.3 Å².